The van der Waals surface area contributed by atoms with Crippen LogP contribution in [0.15, 0.2) is 41.3 Å². The van der Waals surface area contributed by atoms with Gasteiger partial charge in [-0.2, -0.15) is 0 Å². The van der Waals surface area contributed by atoms with Gasteiger partial charge in [-0.3, -0.25) is 14.4 Å². The average molecular weight is 271 g/mol. The zero-order valence-corrected chi connectivity index (χ0v) is 11.1. The van der Waals surface area contributed by atoms with E-state index in [4.69, 9.17) is 4.74 Å². The molecule has 0 fully saturated rings. The second kappa shape index (κ2) is 5.52. The Balaban J connectivity index is 2.62. The summed E-state index contributed by atoms with van der Waals surface area (Å²) in [5.74, 6) is -0.0807. The van der Waals surface area contributed by atoms with Crippen LogP contribution >= 0.6 is 0 Å². The Morgan fingerprint density at radius 1 is 1.25 bits per heavy atom. The number of para-hydroxylation sites is 1. The lowest BCUT2D eigenvalue weighted by molar-refractivity contribution is 0.103. The lowest BCUT2D eigenvalue weighted by atomic mass is 10.0. The van der Waals surface area contributed by atoms with Gasteiger partial charge in [0.15, 0.2) is 6.29 Å². The van der Waals surface area contributed by atoms with Crippen LogP contribution in [-0.2, 0) is 7.05 Å². The van der Waals surface area contributed by atoms with Crippen molar-refractivity contribution in [3.8, 4) is 5.75 Å². The fourth-order valence-corrected chi connectivity index (χ4v) is 1.94. The van der Waals surface area contributed by atoms with Gasteiger partial charge < -0.3 is 9.30 Å². The van der Waals surface area contributed by atoms with E-state index < -0.39 is 11.3 Å². The summed E-state index contributed by atoms with van der Waals surface area (Å²) in [7, 11) is 2.94. The number of ether oxygens (including phenoxy) is 1. The number of hydrogen-bond acceptors (Lipinski definition) is 4. The topological polar surface area (TPSA) is 65.4 Å². The molecular formula is C15H13NO4. The summed E-state index contributed by atoms with van der Waals surface area (Å²) in [5.41, 5.74) is 0.0496. The minimum Gasteiger partial charge on any atom is -0.496 e. The van der Waals surface area contributed by atoms with E-state index in [0.717, 1.165) is 0 Å². The lowest BCUT2D eigenvalue weighted by Crippen LogP contribution is -2.25. The van der Waals surface area contributed by atoms with Gasteiger partial charge in [0.2, 0.25) is 5.78 Å². The number of carbonyl (C=O) groups excluding carboxylic acids is 2. The summed E-state index contributed by atoms with van der Waals surface area (Å²) >= 11 is 0. The van der Waals surface area contributed by atoms with Crippen molar-refractivity contribution >= 4 is 12.1 Å². The van der Waals surface area contributed by atoms with Crippen LogP contribution in [0, 0.1) is 0 Å². The molecule has 0 N–H and O–H groups in total. The van der Waals surface area contributed by atoms with E-state index in [-0.39, 0.29) is 16.7 Å². The molecule has 0 saturated carbocycles. The van der Waals surface area contributed by atoms with Gasteiger partial charge in [-0.15, -0.1) is 0 Å². The molecule has 0 aliphatic heterocycles. The number of carbonyl (C=O) groups is 2. The third-order valence-corrected chi connectivity index (χ3v) is 2.94. The van der Waals surface area contributed by atoms with Gasteiger partial charge in [-0.05, 0) is 18.2 Å². The number of hydrogen-bond donors (Lipinski definition) is 0. The van der Waals surface area contributed by atoms with E-state index in [2.05, 4.69) is 0 Å². The van der Waals surface area contributed by atoms with Crippen LogP contribution in [-0.4, -0.2) is 23.7 Å². The van der Waals surface area contributed by atoms with Crippen molar-refractivity contribution in [2.75, 3.05) is 7.11 Å². The SMILES string of the molecule is COc1ccccc1C(=O)c1cc(C=O)cn(C)c1=O. The van der Waals surface area contributed by atoms with Crippen molar-refractivity contribution in [1.29, 1.82) is 0 Å². The highest BCUT2D eigenvalue weighted by molar-refractivity contribution is 6.11. The third-order valence-electron chi connectivity index (χ3n) is 2.94. The Labute approximate surface area is 115 Å². The fraction of sp³-hybridized carbons (Fsp3) is 0.133. The Hall–Kier alpha value is -2.69. The van der Waals surface area contributed by atoms with Crippen molar-refractivity contribution < 1.29 is 14.3 Å². The van der Waals surface area contributed by atoms with E-state index >= 15 is 0 Å². The molecule has 0 aliphatic rings. The average Bonchev–Trinajstić information content (AvgIpc) is 2.49. The zero-order valence-electron chi connectivity index (χ0n) is 11.1. The molecule has 1 aromatic heterocycles. The van der Waals surface area contributed by atoms with Crippen LogP contribution in [0.5, 0.6) is 5.75 Å². The Morgan fingerprint density at radius 3 is 2.60 bits per heavy atom. The van der Waals surface area contributed by atoms with Crippen LogP contribution in [0.1, 0.15) is 26.3 Å². The first kappa shape index (κ1) is 13.7. The fourth-order valence-electron chi connectivity index (χ4n) is 1.94. The molecule has 5 nitrogen and oxygen atoms in total. The normalized spacial score (nSPS) is 10.1. The Bertz CT molecular complexity index is 731. The number of ketones is 1. The zero-order chi connectivity index (χ0) is 14.7. The summed E-state index contributed by atoms with van der Waals surface area (Å²) < 4.78 is 6.33. The van der Waals surface area contributed by atoms with Crippen molar-refractivity contribution in [2.45, 2.75) is 0 Å². The number of rotatable bonds is 4. The molecule has 0 aliphatic carbocycles. The predicted molar refractivity (Wildman–Crippen MR) is 73.5 cm³/mol. The highest BCUT2D eigenvalue weighted by atomic mass is 16.5. The summed E-state index contributed by atoms with van der Waals surface area (Å²) in [6.07, 6.45) is 1.98. The van der Waals surface area contributed by atoms with Crippen molar-refractivity contribution in [2.24, 2.45) is 7.05 Å². The maximum Gasteiger partial charge on any atom is 0.261 e. The van der Waals surface area contributed by atoms with Gasteiger partial charge in [0.1, 0.15) is 5.75 Å². The number of aldehydes is 1. The molecule has 0 amide bonds. The number of aryl methyl sites for hydroxylation is 1. The van der Waals surface area contributed by atoms with Gasteiger partial charge >= 0.3 is 0 Å². The molecule has 0 atom stereocenters. The summed E-state index contributed by atoms with van der Waals surface area (Å²) in [6.45, 7) is 0. The molecule has 2 rings (SSSR count). The van der Waals surface area contributed by atoms with E-state index in [1.165, 1.54) is 31.0 Å². The second-order valence-electron chi connectivity index (χ2n) is 4.25. The van der Waals surface area contributed by atoms with Gasteiger partial charge in [0.25, 0.3) is 5.56 Å². The highest BCUT2D eigenvalue weighted by Gasteiger charge is 2.18. The molecule has 0 radical (unpaired) electrons. The molecule has 0 unspecified atom stereocenters. The van der Waals surface area contributed by atoms with Gasteiger partial charge in [0, 0.05) is 18.8 Å². The van der Waals surface area contributed by atoms with Crippen LogP contribution in [0.3, 0.4) is 0 Å². The highest BCUT2D eigenvalue weighted by Crippen LogP contribution is 2.20. The number of aromatic nitrogens is 1. The number of pyridine rings is 1. The van der Waals surface area contributed by atoms with Crippen LogP contribution < -0.4 is 10.3 Å². The molecule has 0 spiro atoms. The van der Waals surface area contributed by atoms with Crippen LogP contribution in [0.2, 0.25) is 0 Å². The molecular weight excluding hydrogens is 258 g/mol. The number of nitrogens with zero attached hydrogens (tertiary/aromatic N) is 1. The first-order valence-corrected chi connectivity index (χ1v) is 5.92. The van der Waals surface area contributed by atoms with Gasteiger partial charge in [-0.1, -0.05) is 12.1 Å². The number of benzene rings is 1. The standard InChI is InChI=1S/C15H13NO4/c1-16-8-10(9-17)7-12(15(16)19)14(18)11-5-3-4-6-13(11)20-2/h3-9H,1-2H3. The lowest BCUT2D eigenvalue weighted by Gasteiger charge is -2.08. The Kier molecular flexibility index (Phi) is 3.79. The minimum atomic E-state index is -0.466. The number of methoxy groups -OCH3 is 1. The monoisotopic (exact) mass is 271 g/mol. The maximum atomic E-state index is 12.5. The Morgan fingerprint density at radius 2 is 1.95 bits per heavy atom. The summed E-state index contributed by atoms with van der Waals surface area (Å²) in [5, 5.41) is 0. The van der Waals surface area contributed by atoms with Crippen LogP contribution in [0.25, 0.3) is 0 Å². The van der Waals surface area contributed by atoms with E-state index in [1.54, 1.807) is 24.3 Å². The smallest absolute Gasteiger partial charge is 0.261 e. The molecule has 1 aromatic carbocycles. The first-order valence-electron chi connectivity index (χ1n) is 5.92. The minimum absolute atomic E-state index is 0.0541. The molecule has 0 bridgehead atoms. The summed E-state index contributed by atoms with van der Waals surface area (Å²) in [6, 6.07) is 7.93. The predicted octanol–water partition coefficient (Wildman–Crippen LogP) is 1.44. The maximum absolute atomic E-state index is 12.5. The molecule has 20 heavy (non-hydrogen) atoms. The molecule has 1 heterocycles. The quantitative estimate of drug-likeness (QED) is 0.623. The van der Waals surface area contributed by atoms with E-state index in [0.29, 0.717) is 12.0 Å². The molecule has 102 valence electrons. The molecule has 5 heteroatoms. The van der Waals surface area contributed by atoms with Gasteiger partial charge in [0.05, 0.1) is 18.2 Å². The van der Waals surface area contributed by atoms with Crippen molar-refractivity contribution in [1.82, 2.24) is 4.57 Å². The van der Waals surface area contributed by atoms with E-state index in [9.17, 15) is 14.4 Å². The summed E-state index contributed by atoms with van der Waals surface area (Å²) in [4.78, 5) is 35.3. The first-order chi connectivity index (χ1) is 9.58. The second-order valence-corrected chi connectivity index (χ2v) is 4.25. The van der Waals surface area contributed by atoms with E-state index in [1.807, 2.05) is 0 Å². The van der Waals surface area contributed by atoms with Crippen LogP contribution in [0.4, 0.5) is 0 Å². The largest absolute Gasteiger partial charge is 0.496 e. The molecule has 2 aromatic rings. The molecule has 0 saturated heterocycles. The van der Waals surface area contributed by atoms with Crippen molar-refractivity contribution in [3.63, 3.8) is 0 Å². The van der Waals surface area contributed by atoms with Gasteiger partial charge in [-0.25, -0.2) is 0 Å². The van der Waals surface area contributed by atoms with Crippen molar-refractivity contribution in [3.05, 3.63) is 63.6 Å². The third kappa shape index (κ3) is 2.38.